The second-order valence-electron chi connectivity index (χ2n) is 2.61. The fraction of sp³-hybridized carbons (Fsp3) is 0.250. The molecule has 0 aliphatic carbocycles. The van der Waals surface area contributed by atoms with Crippen molar-refractivity contribution in [3.8, 4) is 0 Å². The van der Waals surface area contributed by atoms with Crippen LogP contribution < -0.4 is 0 Å². The van der Waals surface area contributed by atoms with Crippen LogP contribution in [0.4, 0.5) is 8.78 Å². The van der Waals surface area contributed by atoms with Crippen LogP contribution in [0, 0.1) is 11.6 Å². The monoisotopic (exact) mass is 234 g/mol. The van der Waals surface area contributed by atoms with E-state index in [-0.39, 0.29) is 10.6 Å². The summed E-state index contributed by atoms with van der Waals surface area (Å²) in [6, 6.07) is 2.28. The molecular formula is C8H5BrF2O. The van der Waals surface area contributed by atoms with Gasteiger partial charge in [-0.15, -0.1) is 0 Å². The van der Waals surface area contributed by atoms with Crippen LogP contribution in [-0.2, 0) is 4.74 Å². The van der Waals surface area contributed by atoms with Crippen molar-refractivity contribution in [2.75, 3.05) is 6.61 Å². The summed E-state index contributed by atoms with van der Waals surface area (Å²) in [5, 5.41) is 0. The van der Waals surface area contributed by atoms with Crippen LogP contribution in [0.25, 0.3) is 0 Å². The van der Waals surface area contributed by atoms with Gasteiger partial charge in [0.1, 0.15) is 17.7 Å². The van der Waals surface area contributed by atoms with E-state index in [1.807, 2.05) is 0 Å². The van der Waals surface area contributed by atoms with E-state index in [0.29, 0.717) is 12.2 Å². The Labute approximate surface area is 76.5 Å². The molecule has 1 fully saturated rings. The lowest BCUT2D eigenvalue weighted by Gasteiger charge is -2.00. The highest BCUT2D eigenvalue weighted by Crippen LogP contribution is 2.33. The first-order chi connectivity index (χ1) is 5.68. The van der Waals surface area contributed by atoms with Crippen LogP contribution in [0.1, 0.15) is 11.7 Å². The molecule has 1 atom stereocenters. The Morgan fingerprint density at radius 3 is 2.58 bits per heavy atom. The van der Waals surface area contributed by atoms with Gasteiger partial charge in [0, 0.05) is 5.56 Å². The molecule has 0 radical (unpaired) electrons. The number of epoxide rings is 1. The molecule has 0 unspecified atom stereocenters. The van der Waals surface area contributed by atoms with Gasteiger partial charge in [0.05, 0.1) is 11.1 Å². The van der Waals surface area contributed by atoms with Crippen molar-refractivity contribution in [2.45, 2.75) is 6.10 Å². The fourth-order valence-electron chi connectivity index (χ4n) is 1.01. The highest BCUT2D eigenvalue weighted by Gasteiger charge is 2.28. The zero-order valence-corrected chi connectivity index (χ0v) is 7.57. The minimum atomic E-state index is -0.457. The first kappa shape index (κ1) is 8.13. The van der Waals surface area contributed by atoms with Crippen molar-refractivity contribution >= 4 is 15.9 Å². The molecule has 0 aromatic heterocycles. The molecule has 0 N–H and O–H groups in total. The molecule has 4 heteroatoms. The quantitative estimate of drug-likeness (QED) is 0.538. The van der Waals surface area contributed by atoms with E-state index in [0.717, 1.165) is 12.1 Å². The maximum atomic E-state index is 13.0. The molecule has 0 spiro atoms. The summed E-state index contributed by atoms with van der Waals surface area (Å²) in [5.41, 5.74) is 0.302. The predicted octanol–water partition coefficient (Wildman–Crippen LogP) is 2.80. The van der Waals surface area contributed by atoms with Crippen molar-refractivity contribution in [1.82, 2.24) is 0 Å². The largest absolute Gasteiger partial charge is 0.368 e. The average molecular weight is 235 g/mol. The van der Waals surface area contributed by atoms with E-state index in [1.165, 1.54) is 0 Å². The molecule has 1 heterocycles. The standard InChI is InChI=1S/C8H5BrF2O/c9-5-2-6(10)4(1-7(5)11)8-3-12-8/h1-2,8H,3H2/t8-/m0/s1. The van der Waals surface area contributed by atoms with E-state index >= 15 is 0 Å². The molecule has 1 saturated heterocycles. The van der Waals surface area contributed by atoms with Crippen LogP contribution in [-0.4, -0.2) is 6.61 Å². The number of rotatable bonds is 1. The molecule has 0 bridgehead atoms. The summed E-state index contributed by atoms with van der Waals surface area (Å²) in [6.07, 6.45) is -0.243. The summed E-state index contributed by atoms with van der Waals surface area (Å²) >= 11 is 2.89. The van der Waals surface area contributed by atoms with Crippen molar-refractivity contribution < 1.29 is 13.5 Å². The molecular weight excluding hydrogens is 230 g/mol. The van der Waals surface area contributed by atoms with Crippen LogP contribution in [0.5, 0.6) is 0 Å². The molecule has 1 aliphatic heterocycles. The van der Waals surface area contributed by atoms with Crippen molar-refractivity contribution in [1.29, 1.82) is 0 Å². The lowest BCUT2D eigenvalue weighted by atomic mass is 10.1. The van der Waals surface area contributed by atoms with Gasteiger partial charge in [-0.1, -0.05) is 0 Å². The number of hydrogen-bond acceptors (Lipinski definition) is 1. The lowest BCUT2D eigenvalue weighted by Crippen LogP contribution is -1.90. The van der Waals surface area contributed by atoms with Gasteiger partial charge in [-0.25, -0.2) is 8.78 Å². The second kappa shape index (κ2) is 2.78. The third kappa shape index (κ3) is 1.36. The lowest BCUT2D eigenvalue weighted by molar-refractivity contribution is 0.406. The van der Waals surface area contributed by atoms with Gasteiger partial charge in [-0.3, -0.25) is 0 Å². The summed E-state index contributed by atoms with van der Waals surface area (Å²) in [6.45, 7) is 0.484. The molecule has 0 amide bonds. The molecule has 1 nitrogen and oxygen atoms in total. The van der Waals surface area contributed by atoms with Crippen LogP contribution in [0.2, 0.25) is 0 Å². The maximum absolute atomic E-state index is 13.0. The van der Waals surface area contributed by atoms with E-state index < -0.39 is 11.6 Å². The average Bonchev–Trinajstić information content (AvgIpc) is 2.79. The van der Waals surface area contributed by atoms with E-state index in [2.05, 4.69) is 15.9 Å². The minimum Gasteiger partial charge on any atom is -0.368 e. The summed E-state index contributed by atoms with van der Waals surface area (Å²) in [4.78, 5) is 0. The van der Waals surface area contributed by atoms with Crippen molar-refractivity contribution in [3.05, 3.63) is 33.8 Å². The SMILES string of the molecule is Fc1cc([C@@H]2CO2)c(F)cc1Br. The summed E-state index contributed by atoms with van der Waals surface area (Å²) < 4.78 is 30.9. The zero-order chi connectivity index (χ0) is 8.72. The van der Waals surface area contributed by atoms with Gasteiger partial charge in [-0.05, 0) is 28.1 Å². The Bertz CT molecular complexity index is 323. The van der Waals surface area contributed by atoms with Gasteiger partial charge in [0.2, 0.25) is 0 Å². The van der Waals surface area contributed by atoms with Crippen LogP contribution >= 0.6 is 15.9 Å². The molecule has 1 aromatic carbocycles. The molecule has 2 rings (SSSR count). The first-order valence-electron chi connectivity index (χ1n) is 3.44. The Morgan fingerprint density at radius 2 is 2.00 bits per heavy atom. The second-order valence-corrected chi connectivity index (χ2v) is 3.46. The summed E-state index contributed by atoms with van der Waals surface area (Å²) in [7, 11) is 0. The Kier molecular flexibility index (Phi) is 1.88. The highest BCUT2D eigenvalue weighted by atomic mass is 79.9. The fourth-order valence-corrected chi connectivity index (χ4v) is 1.33. The predicted molar refractivity (Wildman–Crippen MR) is 42.8 cm³/mol. The van der Waals surface area contributed by atoms with Crippen molar-refractivity contribution in [2.24, 2.45) is 0 Å². The zero-order valence-electron chi connectivity index (χ0n) is 5.98. The Balaban J connectivity index is 2.47. The molecule has 1 aliphatic rings. The molecule has 12 heavy (non-hydrogen) atoms. The maximum Gasteiger partial charge on any atom is 0.137 e. The van der Waals surface area contributed by atoms with Crippen LogP contribution in [0.15, 0.2) is 16.6 Å². The van der Waals surface area contributed by atoms with Gasteiger partial charge in [0.15, 0.2) is 0 Å². The number of halogens is 3. The third-order valence-corrected chi connectivity index (χ3v) is 2.33. The normalized spacial score (nSPS) is 21.1. The third-order valence-electron chi connectivity index (χ3n) is 1.72. The first-order valence-corrected chi connectivity index (χ1v) is 4.24. The highest BCUT2D eigenvalue weighted by molar-refractivity contribution is 9.10. The topological polar surface area (TPSA) is 12.5 Å². The minimum absolute atomic E-state index is 0.143. The van der Waals surface area contributed by atoms with Gasteiger partial charge in [0.25, 0.3) is 0 Å². The number of benzene rings is 1. The van der Waals surface area contributed by atoms with Gasteiger partial charge in [-0.2, -0.15) is 0 Å². The molecule has 1 aromatic rings. The van der Waals surface area contributed by atoms with E-state index in [4.69, 9.17) is 4.74 Å². The number of ether oxygens (including phenoxy) is 1. The van der Waals surface area contributed by atoms with Crippen molar-refractivity contribution in [3.63, 3.8) is 0 Å². The smallest absolute Gasteiger partial charge is 0.137 e. The Hall–Kier alpha value is -0.480. The Morgan fingerprint density at radius 1 is 1.33 bits per heavy atom. The van der Waals surface area contributed by atoms with Gasteiger partial charge >= 0.3 is 0 Å². The van der Waals surface area contributed by atoms with Crippen LogP contribution in [0.3, 0.4) is 0 Å². The van der Waals surface area contributed by atoms with Gasteiger partial charge < -0.3 is 4.74 Å². The molecule has 64 valence electrons. The summed E-state index contributed by atoms with van der Waals surface area (Å²) in [5.74, 6) is -0.882. The number of hydrogen-bond donors (Lipinski definition) is 0. The van der Waals surface area contributed by atoms with E-state index in [1.54, 1.807) is 0 Å². The molecule has 0 saturated carbocycles. The van der Waals surface area contributed by atoms with E-state index in [9.17, 15) is 8.78 Å².